The van der Waals surface area contributed by atoms with Crippen LogP contribution in [0.5, 0.6) is 5.75 Å². The monoisotopic (exact) mass is 232 g/mol. The highest BCUT2D eigenvalue weighted by molar-refractivity contribution is 6.10. The molecule has 5 heteroatoms. The van der Waals surface area contributed by atoms with Crippen molar-refractivity contribution in [2.45, 2.75) is 0 Å². The molecule has 1 aromatic heterocycles. The van der Waals surface area contributed by atoms with E-state index in [0.29, 0.717) is 11.3 Å². The summed E-state index contributed by atoms with van der Waals surface area (Å²) >= 11 is 0. The zero-order chi connectivity index (χ0) is 12.3. The average molecular weight is 232 g/mol. The summed E-state index contributed by atoms with van der Waals surface area (Å²) in [6, 6.07) is 5.30. The summed E-state index contributed by atoms with van der Waals surface area (Å²) in [7, 11) is 1.43. The highest BCUT2D eigenvalue weighted by Gasteiger charge is 2.15. The van der Waals surface area contributed by atoms with Crippen molar-refractivity contribution in [1.29, 1.82) is 0 Å². The molecule has 0 fully saturated rings. The van der Waals surface area contributed by atoms with Crippen LogP contribution in [0.1, 0.15) is 15.9 Å². The van der Waals surface area contributed by atoms with Crippen LogP contribution in [-0.4, -0.2) is 23.1 Å². The number of nitrogens with zero attached hydrogens (tertiary/aromatic N) is 2. The van der Waals surface area contributed by atoms with Gasteiger partial charge in [0.15, 0.2) is 5.78 Å². The Morgan fingerprint density at radius 1 is 1.29 bits per heavy atom. The van der Waals surface area contributed by atoms with Gasteiger partial charge in [0.05, 0.1) is 25.1 Å². The molecule has 17 heavy (non-hydrogen) atoms. The first-order valence-electron chi connectivity index (χ1n) is 4.87. The van der Waals surface area contributed by atoms with Crippen molar-refractivity contribution >= 4 is 5.78 Å². The number of hydrogen-bond acceptors (Lipinski definition) is 4. The Bertz CT molecular complexity index is 543. The maximum atomic E-state index is 13.1. The van der Waals surface area contributed by atoms with Crippen LogP contribution in [0.4, 0.5) is 4.39 Å². The zero-order valence-electron chi connectivity index (χ0n) is 9.05. The Balaban J connectivity index is 2.47. The lowest BCUT2D eigenvalue weighted by molar-refractivity contribution is 0.103. The van der Waals surface area contributed by atoms with Crippen LogP contribution >= 0.6 is 0 Å². The van der Waals surface area contributed by atoms with Crippen LogP contribution in [0.2, 0.25) is 0 Å². The molecule has 0 saturated carbocycles. The maximum Gasteiger partial charge on any atom is 0.198 e. The van der Waals surface area contributed by atoms with E-state index >= 15 is 0 Å². The van der Waals surface area contributed by atoms with Gasteiger partial charge >= 0.3 is 0 Å². The Hall–Kier alpha value is -2.30. The lowest BCUT2D eigenvalue weighted by Gasteiger charge is -2.07. The number of methoxy groups -OCH3 is 1. The molecule has 0 radical (unpaired) electrons. The predicted molar refractivity (Wildman–Crippen MR) is 58.4 cm³/mol. The second-order valence-corrected chi connectivity index (χ2v) is 3.30. The van der Waals surface area contributed by atoms with Crippen molar-refractivity contribution in [3.63, 3.8) is 0 Å². The van der Waals surface area contributed by atoms with Gasteiger partial charge in [-0.15, -0.1) is 0 Å². The lowest BCUT2D eigenvalue weighted by Crippen LogP contribution is -2.05. The summed E-state index contributed by atoms with van der Waals surface area (Å²) in [4.78, 5) is 12.1. The van der Waals surface area contributed by atoms with E-state index < -0.39 is 5.82 Å². The lowest BCUT2D eigenvalue weighted by atomic mass is 10.0. The Labute approximate surface area is 97.1 Å². The molecule has 0 aliphatic heterocycles. The normalized spacial score (nSPS) is 10.0. The maximum absolute atomic E-state index is 13.1. The third-order valence-electron chi connectivity index (χ3n) is 2.25. The number of halogens is 1. The second kappa shape index (κ2) is 4.69. The molecule has 0 aliphatic rings. The molecule has 86 valence electrons. The van der Waals surface area contributed by atoms with Gasteiger partial charge in [-0.1, -0.05) is 0 Å². The SMILES string of the molecule is COc1ccc(F)cc1C(=O)c1ccnnc1. The van der Waals surface area contributed by atoms with E-state index in [1.54, 1.807) is 0 Å². The summed E-state index contributed by atoms with van der Waals surface area (Å²) in [6.45, 7) is 0. The van der Waals surface area contributed by atoms with Gasteiger partial charge in [-0.3, -0.25) is 4.79 Å². The fourth-order valence-electron chi connectivity index (χ4n) is 1.44. The van der Waals surface area contributed by atoms with Gasteiger partial charge < -0.3 is 4.74 Å². The fourth-order valence-corrected chi connectivity index (χ4v) is 1.44. The standard InChI is InChI=1S/C12H9FN2O2/c1-17-11-3-2-9(13)6-10(11)12(16)8-4-5-14-15-7-8/h2-7H,1H3. The molecule has 1 heterocycles. The minimum atomic E-state index is -0.490. The van der Waals surface area contributed by atoms with Crippen LogP contribution in [0.3, 0.4) is 0 Å². The largest absolute Gasteiger partial charge is 0.496 e. The Morgan fingerprint density at radius 3 is 2.76 bits per heavy atom. The molecule has 2 rings (SSSR count). The molecule has 0 saturated heterocycles. The van der Waals surface area contributed by atoms with Crippen LogP contribution in [-0.2, 0) is 0 Å². The van der Waals surface area contributed by atoms with Crippen LogP contribution in [0.15, 0.2) is 36.7 Å². The van der Waals surface area contributed by atoms with E-state index in [1.807, 2.05) is 0 Å². The topological polar surface area (TPSA) is 52.1 Å². The van der Waals surface area contributed by atoms with Gasteiger partial charge in [0.25, 0.3) is 0 Å². The third kappa shape index (κ3) is 2.28. The van der Waals surface area contributed by atoms with Crippen molar-refractivity contribution in [2.24, 2.45) is 0 Å². The second-order valence-electron chi connectivity index (χ2n) is 3.30. The molecule has 0 spiro atoms. The van der Waals surface area contributed by atoms with Gasteiger partial charge in [0.1, 0.15) is 11.6 Å². The summed E-state index contributed by atoms with van der Waals surface area (Å²) in [5.74, 6) is -0.513. The quantitative estimate of drug-likeness (QED) is 0.758. The van der Waals surface area contributed by atoms with Crippen molar-refractivity contribution < 1.29 is 13.9 Å². The summed E-state index contributed by atoms with van der Waals surface area (Å²) in [6.07, 6.45) is 2.73. The number of rotatable bonds is 3. The molecule has 1 aromatic carbocycles. The van der Waals surface area contributed by atoms with Crippen molar-refractivity contribution in [3.8, 4) is 5.75 Å². The molecule has 0 unspecified atom stereocenters. The van der Waals surface area contributed by atoms with E-state index in [1.165, 1.54) is 37.7 Å². The van der Waals surface area contributed by atoms with Crippen LogP contribution < -0.4 is 4.74 Å². The minimum absolute atomic E-state index is 0.167. The molecule has 0 amide bonds. The molecule has 4 nitrogen and oxygen atoms in total. The first kappa shape index (κ1) is 11.2. The smallest absolute Gasteiger partial charge is 0.198 e. The van der Waals surface area contributed by atoms with Gasteiger partial charge in [-0.05, 0) is 24.3 Å². The molecule has 0 bridgehead atoms. The number of carbonyl (C=O) groups is 1. The molecule has 2 aromatic rings. The van der Waals surface area contributed by atoms with E-state index in [0.717, 1.165) is 6.07 Å². The van der Waals surface area contributed by atoms with Crippen molar-refractivity contribution in [1.82, 2.24) is 10.2 Å². The van der Waals surface area contributed by atoms with Crippen molar-refractivity contribution in [2.75, 3.05) is 7.11 Å². The molecular formula is C12H9FN2O2. The summed E-state index contributed by atoms with van der Waals surface area (Å²) in [5.41, 5.74) is 0.504. The van der Waals surface area contributed by atoms with Crippen LogP contribution in [0, 0.1) is 5.82 Å². The number of carbonyl (C=O) groups excluding carboxylic acids is 1. The number of ether oxygens (including phenoxy) is 1. The van der Waals surface area contributed by atoms with Gasteiger partial charge in [-0.25, -0.2) is 4.39 Å². The van der Waals surface area contributed by atoms with Crippen molar-refractivity contribution in [3.05, 3.63) is 53.6 Å². The van der Waals surface area contributed by atoms with Gasteiger partial charge in [0.2, 0.25) is 0 Å². The predicted octanol–water partition coefficient (Wildman–Crippen LogP) is 1.86. The van der Waals surface area contributed by atoms with Gasteiger partial charge in [-0.2, -0.15) is 10.2 Å². The first-order valence-corrected chi connectivity index (χ1v) is 4.87. The highest BCUT2D eigenvalue weighted by atomic mass is 19.1. The van der Waals surface area contributed by atoms with E-state index in [4.69, 9.17) is 4.74 Å². The molecule has 0 atom stereocenters. The van der Waals surface area contributed by atoms with Crippen LogP contribution in [0.25, 0.3) is 0 Å². The number of hydrogen-bond donors (Lipinski definition) is 0. The zero-order valence-corrected chi connectivity index (χ0v) is 9.05. The van der Waals surface area contributed by atoms with E-state index in [2.05, 4.69) is 10.2 Å². The summed E-state index contributed by atoms with van der Waals surface area (Å²) < 4.78 is 18.1. The number of benzene rings is 1. The molecular weight excluding hydrogens is 223 g/mol. The van der Waals surface area contributed by atoms with E-state index in [-0.39, 0.29) is 11.3 Å². The number of aromatic nitrogens is 2. The third-order valence-corrected chi connectivity index (χ3v) is 2.25. The highest BCUT2D eigenvalue weighted by Crippen LogP contribution is 2.22. The average Bonchev–Trinajstić information content (AvgIpc) is 2.39. The fraction of sp³-hybridized carbons (Fsp3) is 0.0833. The minimum Gasteiger partial charge on any atom is -0.496 e. The van der Waals surface area contributed by atoms with Gasteiger partial charge in [0, 0.05) is 5.56 Å². The first-order chi connectivity index (χ1) is 8.22. The Morgan fingerprint density at radius 2 is 2.12 bits per heavy atom. The molecule has 0 aliphatic carbocycles. The number of ketones is 1. The van der Waals surface area contributed by atoms with E-state index in [9.17, 15) is 9.18 Å². The Kier molecular flexibility index (Phi) is 3.09. The molecule has 0 N–H and O–H groups in total. The summed E-state index contributed by atoms with van der Waals surface area (Å²) in [5, 5.41) is 7.18.